The van der Waals surface area contributed by atoms with Crippen molar-refractivity contribution in [3.05, 3.63) is 144 Å². The number of Topliss-reactive ketones (excluding diaryl/α,β-unsaturated/α-hetero) is 1. The van der Waals surface area contributed by atoms with Crippen molar-refractivity contribution in [3.8, 4) is 0 Å². The molecule has 0 spiro atoms. The monoisotopic (exact) mass is 724 g/mol. The summed E-state index contributed by atoms with van der Waals surface area (Å²) in [4.78, 5) is 28.0. The fraction of sp³-hybridized carbons (Fsp3) is 0.366. The van der Waals surface area contributed by atoms with Gasteiger partial charge in [-0.25, -0.2) is 4.79 Å². The Bertz CT molecular complexity index is 1800. The number of carbonyl (C=O) groups is 2. The number of carbonyl (C=O) groups excluding carboxylic acids is 2. The van der Waals surface area contributed by atoms with E-state index < -0.39 is 79.6 Å². The van der Waals surface area contributed by atoms with E-state index in [-0.39, 0.29) is 19.8 Å². The van der Waals surface area contributed by atoms with Crippen LogP contribution >= 0.6 is 0 Å². The highest BCUT2D eigenvalue weighted by molar-refractivity contribution is 5.89. The molecule has 0 saturated carbocycles. The van der Waals surface area contributed by atoms with E-state index in [4.69, 9.17) is 47.4 Å². The van der Waals surface area contributed by atoms with Crippen LogP contribution in [0.2, 0.25) is 0 Å². The summed E-state index contributed by atoms with van der Waals surface area (Å²) in [6.45, 7) is 0.314. The van der Waals surface area contributed by atoms with Gasteiger partial charge >= 0.3 is 5.97 Å². The van der Waals surface area contributed by atoms with E-state index in [1.54, 1.807) is 30.3 Å². The molecule has 0 radical (unpaired) electrons. The van der Waals surface area contributed by atoms with E-state index in [0.717, 1.165) is 16.7 Å². The smallest absolute Gasteiger partial charge is 0.338 e. The fourth-order valence-electron chi connectivity index (χ4n) is 6.99. The van der Waals surface area contributed by atoms with Gasteiger partial charge in [0, 0.05) is 18.2 Å². The second kappa shape index (κ2) is 16.4. The average molecular weight is 725 g/mol. The number of benzene rings is 4. The van der Waals surface area contributed by atoms with Crippen LogP contribution in [0.4, 0.5) is 0 Å². The van der Waals surface area contributed by atoms with Crippen molar-refractivity contribution < 1.29 is 57.0 Å². The fourth-order valence-corrected chi connectivity index (χ4v) is 6.99. The van der Waals surface area contributed by atoms with Crippen LogP contribution in [0.15, 0.2) is 121 Å². The van der Waals surface area contributed by atoms with Crippen molar-refractivity contribution >= 4 is 11.8 Å². The zero-order chi connectivity index (χ0) is 36.1. The summed E-state index contributed by atoms with van der Waals surface area (Å²) in [6, 6.07) is 36.9. The first-order valence-electron chi connectivity index (χ1n) is 17.6. The van der Waals surface area contributed by atoms with Crippen molar-refractivity contribution in [1.82, 2.24) is 0 Å². The maximum atomic E-state index is 14.4. The Kier molecular flexibility index (Phi) is 11.0. The van der Waals surface area contributed by atoms with Crippen LogP contribution < -0.4 is 0 Å². The third-order valence-corrected chi connectivity index (χ3v) is 9.65. The summed E-state index contributed by atoms with van der Waals surface area (Å²) in [5.74, 6) is -1.16. The maximum absolute atomic E-state index is 14.4. The summed E-state index contributed by atoms with van der Waals surface area (Å²) in [7, 11) is 1.50. The second-order valence-electron chi connectivity index (χ2n) is 13.1. The second-order valence-corrected chi connectivity index (χ2v) is 13.1. The molecule has 8 rings (SSSR count). The van der Waals surface area contributed by atoms with E-state index in [0.29, 0.717) is 5.56 Å². The van der Waals surface area contributed by atoms with Crippen molar-refractivity contribution in [2.75, 3.05) is 20.3 Å². The molecule has 0 amide bonds. The minimum atomic E-state index is -1.32. The van der Waals surface area contributed by atoms with Gasteiger partial charge in [0.15, 0.2) is 31.1 Å². The maximum Gasteiger partial charge on any atom is 0.338 e. The first kappa shape index (κ1) is 35.7. The van der Waals surface area contributed by atoms with Crippen molar-refractivity contribution in [3.63, 3.8) is 0 Å². The molecule has 4 aromatic carbocycles. The van der Waals surface area contributed by atoms with Gasteiger partial charge in [-0.2, -0.15) is 0 Å². The lowest BCUT2D eigenvalue weighted by Gasteiger charge is -2.50. The largest absolute Gasteiger partial charge is 0.450 e. The predicted molar refractivity (Wildman–Crippen MR) is 185 cm³/mol. The molecular weight excluding hydrogens is 684 g/mol. The van der Waals surface area contributed by atoms with Gasteiger partial charge in [-0.1, -0.05) is 109 Å². The highest BCUT2D eigenvalue weighted by atomic mass is 16.8. The molecule has 4 heterocycles. The molecule has 12 nitrogen and oxygen atoms in total. The standard InChI is InChI=1S/C41H40O12/c1-44-35-33-30(24-47-39(52-33)28-20-12-5-13-21-28)49-41(36(35)50-37(43)26-16-8-3-9-17-26)53-34-31(42)40(45-22-25-14-6-2-7-15-25)48-29-23-46-38(51-32(29)34)27-18-10-4-11-19-27/h2-21,29-30,32-36,38-41H,22-24H2,1H3/t29?,30?,32-,33-,34-,35+,36?,38?,39?,40+,41+/m1/s1. The summed E-state index contributed by atoms with van der Waals surface area (Å²) < 4.78 is 62.6. The van der Waals surface area contributed by atoms with Crippen LogP contribution in [0, 0.1) is 0 Å². The van der Waals surface area contributed by atoms with Gasteiger partial charge in [-0.05, 0) is 17.7 Å². The summed E-state index contributed by atoms with van der Waals surface area (Å²) in [6.07, 6.45) is -10.6. The lowest BCUT2D eigenvalue weighted by atomic mass is 9.95. The summed E-state index contributed by atoms with van der Waals surface area (Å²) >= 11 is 0. The van der Waals surface area contributed by atoms with Crippen LogP contribution in [0.25, 0.3) is 0 Å². The molecule has 0 bridgehead atoms. The number of fused-ring (bicyclic) bond motifs is 2. The highest BCUT2D eigenvalue weighted by Crippen LogP contribution is 2.40. The van der Waals surface area contributed by atoms with Crippen molar-refractivity contribution in [2.24, 2.45) is 0 Å². The lowest BCUT2D eigenvalue weighted by molar-refractivity contribution is -0.381. The molecule has 0 aliphatic carbocycles. The van der Waals surface area contributed by atoms with Crippen LogP contribution in [-0.2, 0) is 58.8 Å². The van der Waals surface area contributed by atoms with Crippen LogP contribution in [0.3, 0.4) is 0 Å². The molecule has 276 valence electrons. The SMILES string of the molecule is CO[C@@H]1C(OC(=O)c2ccccc2)[C@H](O[C@@H]2C(=O)[C@@H](OCc3ccccc3)OC3COC(c4ccccc4)O[C@H]32)OC2COC(c3ccccc3)O[C@H]21. The van der Waals surface area contributed by atoms with E-state index in [9.17, 15) is 9.59 Å². The number of hydrogen-bond acceptors (Lipinski definition) is 12. The number of ether oxygens (including phenoxy) is 10. The Hall–Kier alpha value is -4.34. The minimum absolute atomic E-state index is 0.0917. The number of methoxy groups -OCH3 is 1. The highest BCUT2D eigenvalue weighted by Gasteiger charge is 2.57. The third-order valence-electron chi connectivity index (χ3n) is 9.65. The molecule has 53 heavy (non-hydrogen) atoms. The molecule has 4 aliphatic rings. The first-order chi connectivity index (χ1) is 26.1. The topological polar surface area (TPSA) is 126 Å². The zero-order valence-corrected chi connectivity index (χ0v) is 28.9. The molecule has 12 heteroatoms. The number of ketones is 1. The van der Waals surface area contributed by atoms with Gasteiger partial charge in [0.25, 0.3) is 0 Å². The quantitative estimate of drug-likeness (QED) is 0.203. The third kappa shape index (κ3) is 7.83. The van der Waals surface area contributed by atoms with Crippen LogP contribution in [0.5, 0.6) is 0 Å². The molecular formula is C41H40O12. The Labute approximate surface area is 306 Å². The van der Waals surface area contributed by atoms with Gasteiger partial charge in [0.05, 0.1) is 25.4 Å². The lowest BCUT2D eigenvalue weighted by Crippen LogP contribution is -2.67. The molecule has 4 aliphatic heterocycles. The Morgan fingerprint density at radius 3 is 1.81 bits per heavy atom. The van der Waals surface area contributed by atoms with Gasteiger partial charge < -0.3 is 47.4 Å². The Balaban J connectivity index is 1.10. The molecule has 4 fully saturated rings. The number of hydrogen-bond donors (Lipinski definition) is 0. The molecule has 4 saturated heterocycles. The van der Waals surface area contributed by atoms with Crippen LogP contribution in [0.1, 0.15) is 39.6 Å². The summed E-state index contributed by atoms with van der Waals surface area (Å²) in [5, 5.41) is 0. The predicted octanol–water partition coefficient (Wildman–Crippen LogP) is 5.08. The normalized spacial score (nSPS) is 32.6. The van der Waals surface area contributed by atoms with E-state index in [2.05, 4.69) is 0 Å². The van der Waals surface area contributed by atoms with Gasteiger partial charge in [0.1, 0.15) is 30.5 Å². The zero-order valence-electron chi connectivity index (χ0n) is 28.9. The van der Waals surface area contributed by atoms with Crippen LogP contribution in [-0.4, -0.2) is 87.4 Å². The molecule has 0 aromatic heterocycles. The van der Waals surface area contributed by atoms with Gasteiger partial charge in [-0.15, -0.1) is 0 Å². The number of rotatable bonds is 10. The Morgan fingerprint density at radius 1 is 0.660 bits per heavy atom. The van der Waals surface area contributed by atoms with Crippen molar-refractivity contribution in [1.29, 1.82) is 0 Å². The number of esters is 1. The van der Waals surface area contributed by atoms with Gasteiger partial charge in [0.2, 0.25) is 12.1 Å². The molecule has 5 unspecified atom stereocenters. The van der Waals surface area contributed by atoms with E-state index in [1.165, 1.54) is 7.11 Å². The molecule has 0 N–H and O–H groups in total. The summed E-state index contributed by atoms with van der Waals surface area (Å²) in [5.41, 5.74) is 2.73. The average Bonchev–Trinajstić information content (AvgIpc) is 3.22. The first-order valence-corrected chi connectivity index (χ1v) is 17.6. The molecule has 4 aromatic rings. The van der Waals surface area contributed by atoms with E-state index >= 15 is 0 Å². The molecule has 11 atom stereocenters. The van der Waals surface area contributed by atoms with Gasteiger partial charge in [-0.3, -0.25) is 4.79 Å². The van der Waals surface area contributed by atoms with Crippen molar-refractivity contribution in [2.45, 2.75) is 74.5 Å². The Morgan fingerprint density at radius 2 is 1.21 bits per heavy atom. The van der Waals surface area contributed by atoms with E-state index in [1.807, 2.05) is 91.0 Å². The minimum Gasteiger partial charge on any atom is -0.450 e.